The molecule has 26 heavy (non-hydrogen) atoms. The van der Waals surface area contributed by atoms with Gasteiger partial charge in [0.25, 0.3) is 0 Å². The Bertz CT molecular complexity index is 733. The van der Waals surface area contributed by atoms with Crippen LogP contribution in [0.2, 0.25) is 0 Å². The zero-order valence-electron chi connectivity index (χ0n) is 15.6. The zero-order valence-corrected chi connectivity index (χ0v) is 15.6. The smallest absolute Gasteiger partial charge is 0.156 e. The Balaban J connectivity index is 1.51. The van der Waals surface area contributed by atoms with Crippen molar-refractivity contribution in [3.05, 3.63) is 35.0 Å². The van der Waals surface area contributed by atoms with Gasteiger partial charge in [-0.2, -0.15) is 5.10 Å². The molecule has 1 unspecified atom stereocenters. The Morgan fingerprint density at radius 1 is 1.23 bits per heavy atom. The van der Waals surface area contributed by atoms with E-state index in [4.69, 9.17) is 19.4 Å². The van der Waals surface area contributed by atoms with Gasteiger partial charge in [0.05, 0.1) is 18.5 Å². The van der Waals surface area contributed by atoms with Gasteiger partial charge in [-0.05, 0) is 31.7 Å². The van der Waals surface area contributed by atoms with Crippen molar-refractivity contribution in [2.75, 3.05) is 38.3 Å². The first kappa shape index (κ1) is 17.4. The van der Waals surface area contributed by atoms with E-state index in [0.29, 0.717) is 18.4 Å². The molecule has 7 heteroatoms. The molecule has 0 aliphatic carbocycles. The van der Waals surface area contributed by atoms with Crippen molar-refractivity contribution in [1.29, 1.82) is 0 Å². The number of aromatic amines is 1. The SMILES string of the molecule is COCc1nc(C2CCOC2)cc(N2CCC(c3[nH]ncc3C)CC2)n1. The van der Waals surface area contributed by atoms with Crippen molar-refractivity contribution in [1.82, 2.24) is 20.2 Å². The van der Waals surface area contributed by atoms with E-state index in [2.05, 4.69) is 28.1 Å². The molecule has 1 N–H and O–H groups in total. The second kappa shape index (κ2) is 7.72. The third-order valence-electron chi connectivity index (χ3n) is 5.50. The fourth-order valence-electron chi connectivity index (χ4n) is 4.00. The summed E-state index contributed by atoms with van der Waals surface area (Å²) >= 11 is 0. The molecule has 140 valence electrons. The lowest BCUT2D eigenvalue weighted by atomic mass is 9.91. The molecule has 0 amide bonds. The number of anilines is 1. The Morgan fingerprint density at radius 2 is 2.08 bits per heavy atom. The lowest BCUT2D eigenvalue weighted by Crippen LogP contribution is -2.34. The van der Waals surface area contributed by atoms with Gasteiger partial charge in [0.15, 0.2) is 5.82 Å². The van der Waals surface area contributed by atoms with Crippen molar-refractivity contribution in [2.45, 2.75) is 44.6 Å². The van der Waals surface area contributed by atoms with Crippen LogP contribution in [0.5, 0.6) is 0 Å². The maximum absolute atomic E-state index is 5.55. The quantitative estimate of drug-likeness (QED) is 0.886. The van der Waals surface area contributed by atoms with Crippen molar-refractivity contribution < 1.29 is 9.47 Å². The highest BCUT2D eigenvalue weighted by Gasteiger charge is 2.26. The van der Waals surface area contributed by atoms with E-state index in [-0.39, 0.29) is 0 Å². The molecule has 2 saturated heterocycles. The van der Waals surface area contributed by atoms with Crippen LogP contribution in [0, 0.1) is 6.92 Å². The third-order valence-corrected chi connectivity index (χ3v) is 5.50. The molecule has 2 aromatic heterocycles. The van der Waals surface area contributed by atoms with Gasteiger partial charge in [-0.3, -0.25) is 5.10 Å². The summed E-state index contributed by atoms with van der Waals surface area (Å²) < 4.78 is 10.8. The summed E-state index contributed by atoms with van der Waals surface area (Å²) in [5, 5.41) is 7.35. The van der Waals surface area contributed by atoms with Crippen molar-refractivity contribution in [2.24, 2.45) is 0 Å². The number of methoxy groups -OCH3 is 1. The lowest BCUT2D eigenvalue weighted by Gasteiger charge is -2.33. The predicted molar refractivity (Wildman–Crippen MR) is 98.4 cm³/mol. The summed E-state index contributed by atoms with van der Waals surface area (Å²) in [5.74, 6) is 2.71. The predicted octanol–water partition coefficient (Wildman–Crippen LogP) is 2.54. The first-order valence-electron chi connectivity index (χ1n) is 9.44. The van der Waals surface area contributed by atoms with Crippen LogP contribution >= 0.6 is 0 Å². The summed E-state index contributed by atoms with van der Waals surface area (Å²) in [4.78, 5) is 11.8. The van der Waals surface area contributed by atoms with Gasteiger partial charge in [0.1, 0.15) is 12.4 Å². The number of piperidine rings is 1. The molecule has 2 fully saturated rings. The first-order valence-corrected chi connectivity index (χ1v) is 9.44. The van der Waals surface area contributed by atoms with E-state index < -0.39 is 0 Å². The maximum Gasteiger partial charge on any atom is 0.156 e. The van der Waals surface area contributed by atoms with E-state index in [1.807, 2.05) is 6.20 Å². The number of aryl methyl sites for hydroxylation is 1. The summed E-state index contributed by atoms with van der Waals surface area (Å²) in [6, 6.07) is 2.15. The van der Waals surface area contributed by atoms with E-state index in [1.54, 1.807) is 7.11 Å². The number of nitrogens with zero attached hydrogens (tertiary/aromatic N) is 4. The van der Waals surface area contributed by atoms with Gasteiger partial charge >= 0.3 is 0 Å². The minimum Gasteiger partial charge on any atom is -0.381 e. The zero-order chi connectivity index (χ0) is 17.9. The molecule has 0 radical (unpaired) electrons. The number of aromatic nitrogens is 4. The molecule has 0 saturated carbocycles. The Kier molecular flexibility index (Phi) is 5.17. The molecule has 2 aliphatic heterocycles. The van der Waals surface area contributed by atoms with Gasteiger partial charge in [0, 0.05) is 50.4 Å². The minimum absolute atomic E-state index is 0.373. The van der Waals surface area contributed by atoms with Crippen molar-refractivity contribution in [3.8, 4) is 0 Å². The summed E-state index contributed by atoms with van der Waals surface area (Å²) in [6.07, 6.45) is 5.16. The number of hydrogen-bond acceptors (Lipinski definition) is 6. The summed E-state index contributed by atoms with van der Waals surface area (Å²) in [6.45, 7) is 6.13. The van der Waals surface area contributed by atoms with Crippen LogP contribution < -0.4 is 4.90 Å². The number of rotatable bonds is 5. The van der Waals surface area contributed by atoms with Gasteiger partial charge in [-0.1, -0.05) is 0 Å². The second-order valence-electron chi connectivity index (χ2n) is 7.29. The van der Waals surface area contributed by atoms with Crippen LogP contribution in [0.4, 0.5) is 5.82 Å². The highest BCUT2D eigenvalue weighted by Crippen LogP contribution is 2.32. The number of nitrogens with one attached hydrogen (secondary N) is 1. The molecular formula is C19H27N5O2. The van der Waals surface area contributed by atoms with Gasteiger partial charge in [-0.25, -0.2) is 9.97 Å². The number of hydrogen-bond donors (Lipinski definition) is 1. The molecule has 4 heterocycles. The molecule has 7 nitrogen and oxygen atoms in total. The van der Waals surface area contributed by atoms with E-state index in [1.165, 1.54) is 11.3 Å². The van der Waals surface area contributed by atoms with Crippen LogP contribution in [0.15, 0.2) is 12.3 Å². The average Bonchev–Trinajstić information content (AvgIpc) is 3.34. The molecule has 0 spiro atoms. The fourth-order valence-corrected chi connectivity index (χ4v) is 4.00. The molecule has 2 aromatic rings. The van der Waals surface area contributed by atoms with Gasteiger partial charge in [-0.15, -0.1) is 0 Å². The van der Waals surface area contributed by atoms with Crippen LogP contribution in [0.3, 0.4) is 0 Å². The van der Waals surface area contributed by atoms with Gasteiger partial charge < -0.3 is 14.4 Å². The lowest BCUT2D eigenvalue weighted by molar-refractivity contribution is 0.177. The normalized spacial score (nSPS) is 21.5. The maximum atomic E-state index is 5.55. The van der Waals surface area contributed by atoms with E-state index in [0.717, 1.165) is 62.9 Å². The molecule has 1 atom stereocenters. The Morgan fingerprint density at radius 3 is 2.73 bits per heavy atom. The third kappa shape index (κ3) is 3.59. The van der Waals surface area contributed by atoms with Crippen molar-refractivity contribution >= 4 is 5.82 Å². The van der Waals surface area contributed by atoms with Gasteiger partial charge in [0.2, 0.25) is 0 Å². The highest BCUT2D eigenvalue weighted by molar-refractivity contribution is 5.42. The Labute approximate surface area is 154 Å². The monoisotopic (exact) mass is 357 g/mol. The standard InChI is InChI=1S/C19H27N5O2/c1-13-10-20-23-19(13)14-3-6-24(7-4-14)18-9-16(15-5-8-26-11-15)21-17(22-18)12-25-2/h9-10,14-15H,3-8,11-12H2,1-2H3,(H,20,23). The second-order valence-corrected chi connectivity index (χ2v) is 7.29. The number of H-pyrrole nitrogens is 1. The van der Waals surface area contributed by atoms with Crippen LogP contribution in [0.1, 0.15) is 53.9 Å². The molecule has 0 bridgehead atoms. The van der Waals surface area contributed by atoms with E-state index in [9.17, 15) is 0 Å². The largest absolute Gasteiger partial charge is 0.381 e. The van der Waals surface area contributed by atoms with Crippen LogP contribution in [0.25, 0.3) is 0 Å². The fraction of sp³-hybridized carbons (Fsp3) is 0.632. The first-order chi connectivity index (χ1) is 12.7. The molecule has 0 aromatic carbocycles. The van der Waals surface area contributed by atoms with E-state index >= 15 is 0 Å². The summed E-state index contributed by atoms with van der Waals surface area (Å²) in [7, 11) is 1.69. The summed E-state index contributed by atoms with van der Waals surface area (Å²) in [5.41, 5.74) is 3.64. The molecule has 2 aliphatic rings. The Hall–Kier alpha value is -1.99. The van der Waals surface area contributed by atoms with Crippen molar-refractivity contribution in [3.63, 3.8) is 0 Å². The average molecular weight is 357 g/mol. The highest BCUT2D eigenvalue weighted by atomic mass is 16.5. The van der Waals surface area contributed by atoms with Crippen LogP contribution in [-0.2, 0) is 16.1 Å². The minimum atomic E-state index is 0.373. The van der Waals surface area contributed by atoms with Crippen LogP contribution in [-0.4, -0.2) is 53.6 Å². The number of ether oxygens (including phenoxy) is 2. The topological polar surface area (TPSA) is 76.2 Å². The molecular weight excluding hydrogens is 330 g/mol. The molecule has 4 rings (SSSR count).